The molecule has 0 aliphatic heterocycles. The summed E-state index contributed by atoms with van der Waals surface area (Å²) in [6.45, 7) is 0. The predicted molar refractivity (Wildman–Crippen MR) is 318 cm³/mol. The first-order chi connectivity index (χ1) is 38.1. The van der Waals surface area contributed by atoms with Gasteiger partial charge in [-0.25, -0.2) is 0 Å². The number of aromatic nitrogens is 1. The molecule has 370 valence electrons. The highest BCUT2D eigenvalue weighted by Gasteiger charge is 2.69. The van der Waals surface area contributed by atoms with Crippen molar-refractivity contribution >= 4 is 38.9 Å². The molecule has 6 aliphatic carbocycles. The van der Waals surface area contributed by atoms with Gasteiger partial charge in [-0.1, -0.05) is 182 Å². The Balaban J connectivity index is 0.931. The molecule has 1 heterocycles. The fourth-order valence-corrected chi connectivity index (χ4v) is 18.4. The Hall–Kier alpha value is -8.20. The molecule has 10 aromatic carbocycles. The normalized spacial score (nSPS) is 24.9. The van der Waals surface area contributed by atoms with Crippen LogP contribution in [0.25, 0.3) is 60.9 Å². The lowest BCUT2D eigenvalue weighted by Gasteiger charge is -2.63. The van der Waals surface area contributed by atoms with Crippen LogP contribution >= 0.6 is 0 Å². The number of para-hydroxylation sites is 3. The van der Waals surface area contributed by atoms with Gasteiger partial charge in [-0.3, -0.25) is 0 Å². The summed E-state index contributed by atoms with van der Waals surface area (Å²) >= 11 is 0. The third-order valence-corrected chi connectivity index (χ3v) is 20.7. The van der Waals surface area contributed by atoms with Gasteiger partial charge in [0.2, 0.25) is 0 Å². The van der Waals surface area contributed by atoms with Crippen LogP contribution in [0.2, 0.25) is 0 Å². The number of fused-ring (bicyclic) bond motifs is 19. The smallest absolute Gasteiger partial charge is 0.0541 e. The molecular weight excluding hydrogens is 929 g/mol. The number of benzene rings is 10. The minimum absolute atomic E-state index is 0.0569. The number of hydrogen-bond donors (Lipinski definition) is 0. The van der Waals surface area contributed by atoms with Crippen LogP contribution in [0, 0.1) is 5.92 Å². The molecule has 3 fully saturated rings. The van der Waals surface area contributed by atoms with Crippen LogP contribution in [0.15, 0.2) is 243 Å². The second-order valence-electron chi connectivity index (χ2n) is 24.0. The van der Waals surface area contributed by atoms with Gasteiger partial charge in [0.25, 0.3) is 0 Å². The summed E-state index contributed by atoms with van der Waals surface area (Å²) in [6, 6.07) is 94.7. The fraction of sp³-hybridized carbons (Fsp3) is 0.200. The van der Waals surface area contributed by atoms with Crippen LogP contribution in [0.4, 0.5) is 17.1 Å². The van der Waals surface area contributed by atoms with Crippen LogP contribution < -0.4 is 4.90 Å². The van der Waals surface area contributed by atoms with Crippen molar-refractivity contribution in [1.29, 1.82) is 0 Å². The maximum absolute atomic E-state index is 2.69. The van der Waals surface area contributed by atoms with Crippen molar-refractivity contribution in [3.05, 3.63) is 276 Å². The highest BCUT2D eigenvalue weighted by atomic mass is 15.1. The monoisotopic (exact) mass is 988 g/mol. The minimum Gasteiger partial charge on any atom is -0.310 e. The largest absolute Gasteiger partial charge is 0.310 e. The topological polar surface area (TPSA) is 8.17 Å². The second kappa shape index (κ2) is 16.4. The van der Waals surface area contributed by atoms with Gasteiger partial charge in [0.15, 0.2) is 0 Å². The standard InChI is InChI=1S/C75H60N2/c1-2-18-52(19-3-1)76(53-34-36-54(37-35-53)77-70-32-16-12-28-64(70)65-29-13-17-33-71(65)77)55-38-39-69-66(44-55)61-25-9-6-22-58(61)51-47-74-45-49(57-21-5-8-24-60(57)63-27-11-15-31-68(63)74)40-42-73-43-41-50(46-75(69,48-51)72(73)74)56-20-4-7-23-59(56)62-26-10-14-30-67(62)73/h1-39,44,49-51,72H,40-43,45-48H2. The number of hydrogen-bond acceptors (Lipinski definition) is 1. The first kappa shape index (κ1) is 44.0. The highest BCUT2D eigenvalue weighted by Crippen LogP contribution is 2.76. The second-order valence-corrected chi connectivity index (χ2v) is 24.0. The van der Waals surface area contributed by atoms with Crippen LogP contribution in [-0.4, -0.2) is 4.57 Å². The quantitative estimate of drug-likeness (QED) is 0.171. The zero-order valence-electron chi connectivity index (χ0n) is 43.5. The average Bonchev–Trinajstić information content (AvgIpc) is 3.73. The molecular formula is C75H60N2. The van der Waals surface area contributed by atoms with Crippen LogP contribution in [0.3, 0.4) is 0 Å². The Morgan fingerprint density at radius 1 is 0.325 bits per heavy atom. The molecule has 7 atom stereocenters. The first-order valence-corrected chi connectivity index (χ1v) is 28.7. The maximum Gasteiger partial charge on any atom is 0.0541 e. The molecule has 0 amide bonds. The molecule has 0 saturated heterocycles. The average molecular weight is 989 g/mol. The van der Waals surface area contributed by atoms with Crippen molar-refractivity contribution in [2.75, 3.05) is 4.90 Å². The molecule has 11 aromatic rings. The van der Waals surface area contributed by atoms with Crippen molar-refractivity contribution < 1.29 is 0 Å². The Morgan fingerprint density at radius 3 is 1.32 bits per heavy atom. The zero-order chi connectivity index (χ0) is 50.5. The molecule has 2 heteroatoms. The summed E-state index contributed by atoms with van der Waals surface area (Å²) in [5, 5.41) is 2.56. The molecule has 3 saturated carbocycles. The summed E-state index contributed by atoms with van der Waals surface area (Å²) in [5.74, 6) is 1.64. The number of anilines is 3. The molecule has 0 radical (unpaired) electrons. The summed E-state index contributed by atoms with van der Waals surface area (Å²) in [5.41, 5.74) is 25.1. The van der Waals surface area contributed by atoms with Gasteiger partial charge in [0.1, 0.15) is 0 Å². The summed E-state index contributed by atoms with van der Waals surface area (Å²) in [7, 11) is 0. The van der Waals surface area contributed by atoms with Gasteiger partial charge in [0, 0.05) is 49.8 Å². The maximum atomic E-state index is 2.69. The molecule has 6 aliphatic rings. The van der Waals surface area contributed by atoms with Crippen molar-refractivity contribution in [2.45, 2.75) is 85.4 Å². The summed E-state index contributed by atoms with van der Waals surface area (Å²) in [4.78, 5) is 2.52. The van der Waals surface area contributed by atoms with E-state index in [1.54, 1.807) is 33.4 Å². The molecule has 6 bridgehead atoms. The lowest BCUT2D eigenvalue weighted by Crippen LogP contribution is -2.60. The lowest BCUT2D eigenvalue weighted by atomic mass is 9.40. The summed E-state index contributed by atoms with van der Waals surface area (Å²) < 4.78 is 2.43. The zero-order valence-corrected chi connectivity index (χ0v) is 43.5. The van der Waals surface area contributed by atoms with E-state index in [1.807, 2.05) is 0 Å². The third-order valence-electron chi connectivity index (χ3n) is 20.7. The van der Waals surface area contributed by atoms with Gasteiger partial charge < -0.3 is 9.47 Å². The summed E-state index contributed by atoms with van der Waals surface area (Å²) in [6.07, 6.45) is 9.49. The molecule has 77 heavy (non-hydrogen) atoms. The predicted octanol–water partition coefficient (Wildman–Crippen LogP) is 19.4. The van der Waals surface area contributed by atoms with E-state index in [1.165, 1.54) is 93.0 Å². The van der Waals surface area contributed by atoms with E-state index < -0.39 is 0 Å². The molecule has 0 N–H and O–H groups in total. The van der Waals surface area contributed by atoms with Crippen molar-refractivity contribution in [3.8, 4) is 39.1 Å². The molecule has 1 aromatic heterocycles. The lowest BCUT2D eigenvalue weighted by molar-refractivity contribution is 0.00199. The Morgan fingerprint density at radius 2 is 0.740 bits per heavy atom. The van der Waals surface area contributed by atoms with Gasteiger partial charge in [-0.15, -0.1) is 0 Å². The van der Waals surface area contributed by atoms with Crippen molar-refractivity contribution in [2.24, 2.45) is 5.92 Å². The molecule has 2 nitrogen and oxygen atoms in total. The molecule has 7 unspecified atom stereocenters. The van der Waals surface area contributed by atoms with Gasteiger partial charge >= 0.3 is 0 Å². The van der Waals surface area contributed by atoms with Crippen LogP contribution in [0.5, 0.6) is 0 Å². The van der Waals surface area contributed by atoms with E-state index in [4.69, 9.17) is 0 Å². The third kappa shape index (κ3) is 6.08. The van der Waals surface area contributed by atoms with Crippen molar-refractivity contribution in [1.82, 2.24) is 4.57 Å². The highest BCUT2D eigenvalue weighted by molar-refractivity contribution is 6.09. The SMILES string of the molecule is c1ccc(N(c2ccc(-n3c4ccccc4c4ccccc43)cc2)c2ccc3c(c2)-c2ccccc2C2CC45CC(CCC67CCC(CC3(C2)C64)c2ccccc2-c2ccccc27)c2ccccc2-c2ccccc25)cc1. The van der Waals surface area contributed by atoms with Crippen LogP contribution in [0.1, 0.15) is 103 Å². The van der Waals surface area contributed by atoms with E-state index in [2.05, 4.69) is 252 Å². The van der Waals surface area contributed by atoms with Crippen LogP contribution in [-0.2, 0) is 16.2 Å². The Kier molecular flexibility index (Phi) is 9.37. The van der Waals surface area contributed by atoms with E-state index >= 15 is 0 Å². The Labute approximate surface area is 452 Å². The minimum atomic E-state index is -0.151. The number of nitrogens with zero attached hydrogens (tertiary/aromatic N) is 2. The van der Waals surface area contributed by atoms with Gasteiger partial charge in [0.05, 0.1) is 11.0 Å². The van der Waals surface area contributed by atoms with E-state index in [-0.39, 0.29) is 16.2 Å². The Bertz CT molecular complexity index is 4130. The van der Waals surface area contributed by atoms with E-state index in [0.29, 0.717) is 23.7 Å². The van der Waals surface area contributed by atoms with Gasteiger partial charge in [-0.2, -0.15) is 0 Å². The fourth-order valence-electron chi connectivity index (χ4n) is 18.4. The number of rotatable bonds is 4. The van der Waals surface area contributed by atoms with E-state index in [0.717, 1.165) is 36.3 Å². The van der Waals surface area contributed by atoms with Crippen molar-refractivity contribution in [3.63, 3.8) is 0 Å². The van der Waals surface area contributed by atoms with Gasteiger partial charge in [-0.05, 0) is 202 Å². The molecule has 3 spiro atoms. The van der Waals surface area contributed by atoms with E-state index in [9.17, 15) is 0 Å². The molecule has 17 rings (SSSR count). The first-order valence-electron chi connectivity index (χ1n) is 28.7.